The van der Waals surface area contributed by atoms with E-state index in [0.717, 1.165) is 37.1 Å². The van der Waals surface area contributed by atoms with Gasteiger partial charge >= 0.3 is 0 Å². The molecule has 4 nitrogen and oxygen atoms in total. The second-order valence-electron chi connectivity index (χ2n) is 4.59. The van der Waals surface area contributed by atoms with Gasteiger partial charge < -0.3 is 11.1 Å². The van der Waals surface area contributed by atoms with E-state index in [9.17, 15) is 4.79 Å². The smallest absolute Gasteiger partial charge is 0.223 e. The Labute approximate surface area is 106 Å². The molecule has 1 aromatic rings. The molecule has 0 saturated heterocycles. The zero-order valence-corrected chi connectivity index (χ0v) is 10.7. The zero-order chi connectivity index (χ0) is 12.1. The summed E-state index contributed by atoms with van der Waals surface area (Å²) in [5.41, 5.74) is 5.88. The molecule has 5 heteroatoms. The first-order valence-corrected chi connectivity index (χ1v) is 7.05. The largest absolute Gasteiger partial charge is 0.355 e. The molecule has 2 atom stereocenters. The summed E-state index contributed by atoms with van der Waals surface area (Å²) >= 11 is 1.63. The van der Waals surface area contributed by atoms with Crippen molar-refractivity contribution in [2.24, 2.45) is 11.7 Å². The minimum absolute atomic E-state index is 0.120. The van der Waals surface area contributed by atoms with E-state index in [2.05, 4.69) is 10.3 Å². The Kier molecular flexibility index (Phi) is 4.50. The molecule has 2 rings (SSSR count). The maximum absolute atomic E-state index is 11.9. The molecule has 0 aromatic carbocycles. The first-order chi connectivity index (χ1) is 8.25. The van der Waals surface area contributed by atoms with Gasteiger partial charge in [-0.15, -0.1) is 11.3 Å². The number of rotatable bonds is 4. The predicted molar refractivity (Wildman–Crippen MR) is 68.8 cm³/mol. The summed E-state index contributed by atoms with van der Waals surface area (Å²) in [5, 5.41) is 6.01. The van der Waals surface area contributed by atoms with E-state index in [4.69, 9.17) is 5.73 Å². The second-order valence-corrected chi connectivity index (χ2v) is 5.57. The number of nitrogens with zero attached hydrogens (tertiary/aromatic N) is 1. The summed E-state index contributed by atoms with van der Waals surface area (Å²) in [4.78, 5) is 16.1. The van der Waals surface area contributed by atoms with Crippen molar-refractivity contribution >= 4 is 17.2 Å². The molecule has 2 unspecified atom stereocenters. The van der Waals surface area contributed by atoms with Gasteiger partial charge in [-0.2, -0.15) is 0 Å². The molecule has 0 spiro atoms. The summed E-state index contributed by atoms with van der Waals surface area (Å²) in [5.74, 6) is 0.284. The van der Waals surface area contributed by atoms with E-state index in [0.29, 0.717) is 6.54 Å². The topological polar surface area (TPSA) is 68.0 Å². The van der Waals surface area contributed by atoms with Crippen molar-refractivity contribution in [1.82, 2.24) is 10.3 Å². The number of hydrogen-bond donors (Lipinski definition) is 2. The molecule has 1 aliphatic carbocycles. The third-order valence-electron chi connectivity index (χ3n) is 3.21. The van der Waals surface area contributed by atoms with Crippen LogP contribution in [0.5, 0.6) is 0 Å². The van der Waals surface area contributed by atoms with Crippen molar-refractivity contribution in [3.8, 4) is 0 Å². The van der Waals surface area contributed by atoms with Crippen LogP contribution in [0, 0.1) is 5.92 Å². The molecule has 0 aliphatic heterocycles. The molecule has 94 valence electrons. The fourth-order valence-corrected chi connectivity index (χ4v) is 2.90. The number of carbonyl (C=O) groups excluding carboxylic acids is 1. The van der Waals surface area contributed by atoms with Crippen LogP contribution in [-0.4, -0.2) is 23.5 Å². The number of hydrogen-bond acceptors (Lipinski definition) is 4. The third kappa shape index (κ3) is 3.78. The Balaban J connectivity index is 1.70. The van der Waals surface area contributed by atoms with Crippen LogP contribution in [0.25, 0.3) is 0 Å². The first kappa shape index (κ1) is 12.5. The molecule has 1 fully saturated rings. The molecule has 0 bridgehead atoms. The van der Waals surface area contributed by atoms with Gasteiger partial charge in [-0.05, 0) is 19.3 Å². The minimum atomic E-state index is 0.120. The molecule has 1 aromatic heterocycles. The predicted octanol–water partition coefficient (Wildman–Crippen LogP) is 1.32. The van der Waals surface area contributed by atoms with Crippen molar-refractivity contribution in [1.29, 1.82) is 0 Å². The van der Waals surface area contributed by atoms with Crippen molar-refractivity contribution < 1.29 is 4.79 Å². The van der Waals surface area contributed by atoms with Crippen LogP contribution in [0.2, 0.25) is 0 Å². The standard InChI is InChI=1S/C12H19N3OS/c13-10-3-1-2-9(8-10)12(16)15-5-4-11-14-6-7-17-11/h6-7,9-10H,1-5,8,13H2,(H,15,16). The summed E-state index contributed by atoms with van der Waals surface area (Å²) in [6, 6.07) is 0.207. The average molecular weight is 253 g/mol. The van der Waals surface area contributed by atoms with Crippen LogP contribution in [-0.2, 0) is 11.2 Å². The van der Waals surface area contributed by atoms with Crippen LogP contribution in [0.15, 0.2) is 11.6 Å². The van der Waals surface area contributed by atoms with Crippen LogP contribution in [0.1, 0.15) is 30.7 Å². The number of aromatic nitrogens is 1. The monoisotopic (exact) mass is 253 g/mol. The number of amides is 1. The molecule has 17 heavy (non-hydrogen) atoms. The summed E-state index contributed by atoms with van der Waals surface area (Å²) in [6.45, 7) is 0.679. The van der Waals surface area contributed by atoms with E-state index in [1.54, 1.807) is 17.5 Å². The van der Waals surface area contributed by atoms with Crippen LogP contribution in [0.4, 0.5) is 0 Å². The van der Waals surface area contributed by atoms with Crippen molar-refractivity contribution in [2.75, 3.05) is 6.54 Å². The Morgan fingerprint density at radius 2 is 2.47 bits per heavy atom. The number of nitrogens with two attached hydrogens (primary N) is 1. The quantitative estimate of drug-likeness (QED) is 0.850. The number of carbonyl (C=O) groups is 1. The van der Waals surface area contributed by atoms with Gasteiger partial charge in [0.15, 0.2) is 0 Å². The maximum Gasteiger partial charge on any atom is 0.223 e. The molecular weight excluding hydrogens is 234 g/mol. The highest BCUT2D eigenvalue weighted by atomic mass is 32.1. The molecule has 1 saturated carbocycles. The van der Waals surface area contributed by atoms with Gasteiger partial charge in [0.25, 0.3) is 0 Å². The van der Waals surface area contributed by atoms with E-state index < -0.39 is 0 Å². The van der Waals surface area contributed by atoms with Gasteiger partial charge in [-0.3, -0.25) is 4.79 Å². The van der Waals surface area contributed by atoms with Crippen LogP contribution in [0.3, 0.4) is 0 Å². The molecule has 1 aliphatic rings. The first-order valence-electron chi connectivity index (χ1n) is 6.17. The van der Waals surface area contributed by atoms with Gasteiger partial charge in [0.1, 0.15) is 0 Å². The van der Waals surface area contributed by atoms with Crippen LogP contribution >= 0.6 is 11.3 Å². The van der Waals surface area contributed by atoms with Gasteiger partial charge in [0.05, 0.1) is 5.01 Å². The lowest BCUT2D eigenvalue weighted by Gasteiger charge is -2.25. The minimum Gasteiger partial charge on any atom is -0.355 e. The highest BCUT2D eigenvalue weighted by Gasteiger charge is 2.24. The van der Waals surface area contributed by atoms with Gasteiger partial charge in [0.2, 0.25) is 5.91 Å². The van der Waals surface area contributed by atoms with Crippen LogP contribution < -0.4 is 11.1 Å². The highest BCUT2D eigenvalue weighted by Crippen LogP contribution is 2.23. The van der Waals surface area contributed by atoms with Crippen molar-refractivity contribution in [3.63, 3.8) is 0 Å². The number of nitrogens with one attached hydrogen (secondary N) is 1. The van der Waals surface area contributed by atoms with Gasteiger partial charge in [0, 0.05) is 36.5 Å². The average Bonchev–Trinajstić information content (AvgIpc) is 2.82. The molecule has 1 amide bonds. The Morgan fingerprint density at radius 3 is 3.18 bits per heavy atom. The molecule has 1 heterocycles. The van der Waals surface area contributed by atoms with E-state index in [1.807, 2.05) is 5.38 Å². The van der Waals surface area contributed by atoms with Gasteiger partial charge in [-0.1, -0.05) is 6.42 Å². The highest BCUT2D eigenvalue weighted by molar-refractivity contribution is 7.09. The Hall–Kier alpha value is -0.940. The lowest BCUT2D eigenvalue weighted by atomic mass is 9.85. The SMILES string of the molecule is NC1CCCC(C(=O)NCCc2nccs2)C1. The summed E-state index contributed by atoms with van der Waals surface area (Å²) in [7, 11) is 0. The fraction of sp³-hybridized carbons (Fsp3) is 0.667. The normalized spacial score (nSPS) is 24.5. The Bertz CT molecular complexity index is 353. The zero-order valence-electron chi connectivity index (χ0n) is 9.89. The van der Waals surface area contributed by atoms with Gasteiger partial charge in [-0.25, -0.2) is 4.98 Å². The van der Waals surface area contributed by atoms with Crippen molar-refractivity contribution in [3.05, 3.63) is 16.6 Å². The maximum atomic E-state index is 11.9. The Morgan fingerprint density at radius 1 is 1.59 bits per heavy atom. The lowest BCUT2D eigenvalue weighted by molar-refractivity contribution is -0.126. The van der Waals surface area contributed by atoms with E-state index in [-0.39, 0.29) is 17.9 Å². The number of thiazole rings is 1. The second kappa shape index (κ2) is 6.12. The van der Waals surface area contributed by atoms with E-state index >= 15 is 0 Å². The lowest BCUT2D eigenvalue weighted by Crippen LogP contribution is -2.38. The third-order valence-corrected chi connectivity index (χ3v) is 4.05. The molecular formula is C12H19N3OS. The molecule has 0 radical (unpaired) electrons. The van der Waals surface area contributed by atoms with Crippen molar-refractivity contribution in [2.45, 2.75) is 38.1 Å². The van der Waals surface area contributed by atoms with E-state index in [1.165, 1.54) is 0 Å². The molecule has 3 N–H and O–H groups in total. The summed E-state index contributed by atoms with van der Waals surface area (Å²) in [6.07, 6.45) is 6.57. The fourth-order valence-electron chi connectivity index (χ4n) is 2.28. The summed E-state index contributed by atoms with van der Waals surface area (Å²) < 4.78 is 0.